The molecule has 2 rings (SSSR count). The summed E-state index contributed by atoms with van der Waals surface area (Å²) >= 11 is 5.02. The van der Waals surface area contributed by atoms with Crippen molar-refractivity contribution in [2.24, 2.45) is 5.73 Å². The van der Waals surface area contributed by atoms with Crippen LogP contribution in [0.25, 0.3) is 0 Å². The Morgan fingerprint density at radius 3 is 3.00 bits per heavy atom. The van der Waals surface area contributed by atoms with Crippen molar-refractivity contribution >= 4 is 27.3 Å². The summed E-state index contributed by atoms with van der Waals surface area (Å²) in [6.45, 7) is 2.48. The van der Waals surface area contributed by atoms with Gasteiger partial charge in [-0.2, -0.15) is 0 Å². The molecule has 0 aliphatic heterocycles. The van der Waals surface area contributed by atoms with Crippen molar-refractivity contribution in [3.63, 3.8) is 0 Å². The molecule has 90 valence electrons. The smallest absolute Gasteiger partial charge is 0.124 e. The molecular formula is C12H13BrN2OS. The van der Waals surface area contributed by atoms with Crippen molar-refractivity contribution in [2.75, 3.05) is 0 Å². The number of ether oxygens (including phenoxy) is 1. The lowest BCUT2D eigenvalue weighted by atomic mass is 10.1. The van der Waals surface area contributed by atoms with Gasteiger partial charge in [0.2, 0.25) is 0 Å². The van der Waals surface area contributed by atoms with Gasteiger partial charge in [-0.1, -0.05) is 15.9 Å². The Bertz CT molecular complexity index is 485. The maximum atomic E-state index is 5.92. The van der Waals surface area contributed by atoms with E-state index in [0.717, 1.165) is 20.7 Å². The Balaban J connectivity index is 2.14. The molecule has 1 aromatic carbocycles. The number of rotatable bonds is 4. The lowest BCUT2D eigenvalue weighted by Crippen LogP contribution is -2.08. The van der Waals surface area contributed by atoms with Crippen LogP contribution in [0.15, 0.2) is 34.4 Å². The summed E-state index contributed by atoms with van der Waals surface area (Å²) in [4.78, 5) is 5.11. The van der Waals surface area contributed by atoms with Gasteiger partial charge >= 0.3 is 0 Å². The second-order valence-electron chi connectivity index (χ2n) is 3.73. The molecule has 5 heteroatoms. The topological polar surface area (TPSA) is 48.1 Å². The minimum atomic E-state index is -0.0519. The van der Waals surface area contributed by atoms with E-state index < -0.39 is 0 Å². The Morgan fingerprint density at radius 2 is 2.35 bits per heavy atom. The largest absolute Gasteiger partial charge is 0.488 e. The fourth-order valence-electron chi connectivity index (χ4n) is 1.47. The number of nitrogens with zero attached hydrogens (tertiary/aromatic N) is 1. The molecule has 0 saturated heterocycles. The first kappa shape index (κ1) is 12.5. The average Bonchev–Trinajstić information content (AvgIpc) is 2.80. The zero-order chi connectivity index (χ0) is 12.3. The summed E-state index contributed by atoms with van der Waals surface area (Å²) in [5, 5.41) is 0. The monoisotopic (exact) mass is 312 g/mol. The molecule has 2 N–H and O–H groups in total. The molecule has 0 radical (unpaired) electrons. The average molecular weight is 313 g/mol. The molecule has 0 unspecified atom stereocenters. The van der Waals surface area contributed by atoms with Crippen LogP contribution in [0.3, 0.4) is 0 Å². The van der Waals surface area contributed by atoms with Gasteiger partial charge in [0.25, 0.3) is 0 Å². The molecular weight excluding hydrogens is 300 g/mol. The fraction of sp³-hybridized carbons (Fsp3) is 0.250. The number of halogens is 1. The maximum absolute atomic E-state index is 5.92. The van der Waals surface area contributed by atoms with Crippen LogP contribution in [-0.2, 0) is 6.61 Å². The molecule has 1 heterocycles. The number of nitrogens with two attached hydrogens (primary N) is 1. The molecule has 17 heavy (non-hydrogen) atoms. The highest BCUT2D eigenvalue weighted by Gasteiger charge is 2.09. The van der Waals surface area contributed by atoms with E-state index in [9.17, 15) is 0 Å². The third-order valence-corrected chi connectivity index (χ3v) is 3.56. The minimum absolute atomic E-state index is 0.0519. The van der Waals surface area contributed by atoms with Gasteiger partial charge in [-0.15, -0.1) is 11.3 Å². The molecule has 0 bridgehead atoms. The Kier molecular flexibility index (Phi) is 4.15. The van der Waals surface area contributed by atoms with E-state index in [0.29, 0.717) is 6.61 Å². The van der Waals surface area contributed by atoms with Crippen molar-refractivity contribution < 1.29 is 4.74 Å². The summed E-state index contributed by atoms with van der Waals surface area (Å²) in [7, 11) is 0. The zero-order valence-electron chi connectivity index (χ0n) is 9.39. The van der Waals surface area contributed by atoms with E-state index in [1.807, 2.05) is 31.3 Å². The summed E-state index contributed by atoms with van der Waals surface area (Å²) < 4.78 is 6.78. The number of hydrogen-bond acceptors (Lipinski definition) is 4. The van der Waals surface area contributed by atoms with Crippen LogP contribution in [0.1, 0.15) is 23.4 Å². The standard InChI is InChI=1S/C12H13BrN2OS/c1-8(14)11-4-9(13)2-3-12(11)16-6-10-5-15-7-17-10/h2-5,7-8H,6,14H2,1H3/t8-/m0/s1. The van der Waals surface area contributed by atoms with Gasteiger partial charge in [-0.25, -0.2) is 0 Å². The predicted octanol–water partition coefficient (Wildman–Crippen LogP) is 3.50. The minimum Gasteiger partial charge on any atom is -0.488 e. The Labute approximate surface area is 113 Å². The molecule has 0 aliphatic carbocycles. The van der Waals surface area contributed by atoms with Gasteiger partial charge in [-0.3, -0.25) is 4.98 Å². The highest BCUT2D eigenvalue weighted by molar-refractivity contribution is 9.10. The van der Waals surface area contributed by atoms with Crippen molar-refractivity contribution in [2.45, 2.75) is 19.6 Å². The van der Waals surface area contributed by atoms with Gasteiger partial charge in [0.15, 0.2) is 0 Å². The quantitative estimate of drug-likeness (QED) is 0.940. The van der Waals surface area contributed by atoms with E-state index in [4.69, 9.17) is 10.5 Å². The second kappa shape index (κ2) is 5.62. The third kappa shape index (κ3) is 3.28. The van der Waals surface area contributed by atoms with Gasteiger partial charge < -0.3 is 10.5 Å². The van der Waals surface area contributed by atoms with E-state index in [1.54, 1.807) is 16.8 Å². The first-order valence-electron chi connectivity index (χ1n) is 5.22. The Morgan fingerprint density at radius 1 is 1.53 bits per heavy atom. The van der Waals surface area contributed by atoms with Gasteiger partial charge in [0, 0.05) is 22.3 Å². The summed E-state index contributed by atoms with van der Waals surface area (Å²) in [5.74, 6) is 0.830. The van der Waals surface area contributed by atoms with E-state index in [2.05, 4.69) is 20.9 Å². The van der Waals surface area contributed by atoms with Crippen LogP contribution in [0, 0.1) is 0 Å². The highest BCUT2D eigenvalue weighted by Crippen LogP contribution is 2.28. The Hall–Kier alpha value is -0.910. The number of thiazole rings is 1. The summed E-state index contributed by atoms with van der Waals surface area (Å²) in [6.07, 6.45) is 1.81. The molecule has 0 spiro atoms. The van der Waals surface area contributed by atoms with Crippen LogP contribution in [-0.4, -0.2) is 4.98 Å². The maximum Gasteiger partial charge on any atom is 0.124 e. The molecule has 0 fully saturated rings. The summed E-state index contributed by atoms with van der Waals surface area (Å²) in [6, 6.07) is 5.83. The molecule has 0 amide bonds. The second-order valence-corrected chi connectivity index (χ2v) is 5.61. The van der Waals surface area contributed by atoms with Crippen molar-refractivity contribution in [3.05, 3.63) is 44.8 Å². The SMILES string of the molecule is C[C@H](N)c1cc(Br)ccc1OCc1cncs1. The van der Waals surface area contributed by atoms with Crippen LogP contribution in [0.4, 0.5) is 0 Å². The zero-order valence-corrected chi connectivity index (χ0v) is 11.8. The lowest BCUT2D eigenvalue weighted by molar-refractivity contribution is 0.304. The highest BCUT2D eigenvalue weighted by atomic mass is 79.9. The number of aromatic nitrogens is 1. The first-order chi connectivity index (χ1) is 8.16. The van der Waals surface area contributed by atoms with Crippen molar-refractivity contribution in [1.29, 1.82) is 0 Å². The van der Waals surface area contributed by atoms with Crippen molar-refractivity contribution in [1.82, 2.24) is 4.98 Å². The normalized spacial score (nSPS) is 12.4. The van der Waals surface area contributed by atoms with Gasteiger partial charge in [-0.05, 0) is 25.1 Å². The molecule has 3 nitrogen and oxygen atoms in total. The molecule has 0 saturated carbocycles. The van der Waals surface area contributed by atoms with E-state index in [1.165, 1.54) is 0 Å². The van der Waals surface area contributed by atoms with Crippen molar-refractivity contribution in [3.8, 4) is 5.75 Å². The first-order valence-corrected chi connectivity index (χ1v) is 6.89. The fourth-order valence-corrected chi connectivity index (χ4v) is 2.35. The molecule has 1 atom stereocenters. The van der Waals surface area contributed by atoms with Crippen LogP contribution in [0.2, 0.25) is 0 Å². The van der Waals surface area contributed by atoms with Crippen LogP contribution >= 0.6 is 27.3 Å². The predicted molar refractivity (Wildman–Crippen MR) is 73.2 cm³/mol. The third-order valence-electron chi connectivity index (χ3n) is 2.32. The van der Waals surface area contributed by atoms with E-state index >= 15 is 0 Å². The molecule has 0 aliphatic rings. The van der Waals surface area contributed by atoms with Gasteiger partial charge in [0.05, 0.1) is 10.4 Å². The lowest BCUT2D eigenvalue weighted by Gasteiger charge is -2.13. The van der Waals surface area contributed by atoms with Crippen LogP contribution < -0.4 is 10.5 Å². The van der Waals surface area contributed by atoms with E-state index in [-0.39, 0.29) is 6.04 Å². The molecule has 2 aromatic rings. The number of benzene rings is 1. The molecule has 1 aromatic heterocycles. The number of hydrogen-bond donors (Lipinski definition) is 1. The summed E-state index contributed by atoms with van der Waals surface area (Å²) in [5.41, 5.74) is 8.72. The van der Waals surface area contributed by atoms with Crippen LogP contribution in [0.5, 0.6) is 5.75 Å². The van der Waals surface area contributed by atoms with Gasteiger partial charge in [0.1, 0.15) is 12.4 Å².